The molecule has 1 aromatic rings. The second-order valence-electron chi connectivity index (χ2n) is 4.71. The maximum absolute atomic E-state index is 12.8. The number of rotatable bonds is 4. The topological polar surface area (TPSA) is 55.7 Å². The third-order valence-corrected chi connectivity index (χ3v) is 3.30. The highest BCUT2D eigenvalue weighted by Gasteiger charge is 2.26. The Morgan fingerprint density at radius 3 is 2.21 bits per heavy atom. The molecule has 6 heteroatoms. The number of alkyl halides is 2. The predicted octanol–water partition coefficient (Wildman–Crippen LogP) is 1.70. The number of nitrogens with one attached hydrogen (secondary N) is 1. The van der Waals surface area contributed by atoms with E-state index in [2.05, 4.69) is 5.32 Å². The number of benzene rings is 1. The molecule has 0 saturated carbocycles. The molecule has 1 fully saturated rings. The average Bonchev–Trinajstić information content (AvgIpc) is 2.35. The van der Waals surface area contributed by atoms with Crippen LogP contribution < -0.4 is 5.32 Å². The van der Waals surface area contributed by atoms with Crippen LogP contribution in [0.2, 0.25) is 0 Å². The van der Waals surface area contributed by atoms with Crippen molar-refractivity contribution in [1.29, 1.82) is 0 Å². The fourth-order valence-corrected chi connectivity index (χ4v) is 2.47. The van der Waals surface area contributed by atoms with E-state index in [0.717, 1.165) is 13.1 Å². The number of aromatic hydroxyl groups is 2. The highest BCUT2D eigenvalue weighted by Crippen LogP contribution is 2.32. The molecule has 4 nitrogen and oxygen atoms in total. The number of piperazine rings is 1. The Bertz CT molecular complexity index is 403. The first-order valence-electron chi connectivity index (χ1n) is 6.32. The van der Waals surface area contributed by atoms with Gasteiger partial charge in [-0.05, 0) is 17.7 Å². The Balaban J connectivity index is 2.24. The van der Waals surface area contributed by atoms with E-state index in [9.17, 15) is 19.0 Å². The molecule has 0 aromatic heterocycles. The van der Waals surface area contributed by atoms with Crippen LogP contribution in [-0.2, 0) is 0 Å². The van der Waals surface area contributed by atoms with Gasteiger partial charge in [0.25, 0.3) is 0 Å². The zero-order valence-electron chi connectivity index (χ0n) is 10.5. The summed E-state index contributed by atoms with van der Waals surface area (Å²) in [5.41, 5.74) is 0.528. The molecule has 0 bridgehead atoms. The number of nitrogens with zero attached hydrogens (tertiary/aromatic N) is 1. The lowest BCUT2D eigenvalue weighted by molar-refractivity contribution is 0.0737. The van der Waals surface area contributed by atoms with Gasteiger partial charge in [0.15, 0.2) is 0 Å². The Hall–Kier alpha value is -1.40. The second kappa shape index (κ2) is 6.16. The lowest BCUT2D eigenvalue weighted by Gasteiger charge is -2.35. The van der Waals surface area contributed by atoms with Crippen molar-refractivity contribution in [3.8, 4) is 11.5 Å². The van der Waals surface area contributed by atoms with Gasteiger partial charge in [-0.15, -0.1) is 0 Å². The maximum atomic E-state index is 12.8. The van der Waals surface area contributed by atoms with Crippen LogP contribution in [0.1, 0.15) is 18.0 Å². The van der Waals surface area contributed by atoms with E-state index in [1.165, 1.54) is 18.2 Å². The summed E-state index contributed by atoms with van der Waals surface area (Å²) in [6.07, 6.45) is -2.73. The quantitative estimate of drug-likeness (QED) is 0.781. The summed E-state index contributed by atoms with van der Waals surface area (Å²) < 4.78 is 25.5. The van der Waals surface area contributed by atoms with Gasteiger partial charge in [0.05, 0.1) is 0 Å². The molecular formula is C13H18F2N2O2. The van der Waals surface area contributed by atoms with Gasteiger partial charge >= 0.3 is 0 Å². The van der Waals surface area contributed by atoms with E-state index in [0.29, 0.717) is 18.7 Å². The van der Waals surface area contributed by atoms with Gasteiger partial charge < -0.3 is 15.5 Å². The summed E-state index contributed by atoms with van der Waals surface area (Å²) in [5, 5.41) is 22.2. The van der Waals surface area contributed by atoms with Crippen LogP contribution in [-0.4, -0.2) is 47.7 Å². The summed E-state index contributed by atoms with van der Waals surface area (Å²) >= 11 is 0. The molecule has 2 rings (SSSR count). The van der Waals surface area contributed by atoms with Gasteiger partial charge in [0, 0.05) is 44.7 Å². The van der Waals surface area contributed by atoms with Crippen LogP contribution in [0.15, 0.2) is 18.2 Å². The molecule has 1 saturated heterocycles. The first kappa shape index (κ1) is 14.0. The summed E-state index contributed by atoms with van der Waals surface area (Å²) in [6.45, 7) is 2.86. The highest BCUT2D eigenvalue weighted by atomic mass is 19.3. The molecule has 0 radical (unpaired) electrons. The molecule has 106 valence electrons. The summed E-state index contributed by atoms with van der Waals surface area (Å²) in [6, 6.07) is 3.59. The third kappa shape index (κ3) is 3.78. The Morgan fingerprint density at radius 2 is 1.68 bits per heavy atom. The minimum atomic E-state index is -2.43. The van der Waals surface area contributed by atoms with E-state index in [-0.39, 0.29) is 17.9 Å². The van der Waals surface area contributed by atoms with Crippen molar-refractivity contribution in [3.05, 3.63) is 23.8 Å². The summed E-state index contributed by atoms with van der Waals surface area (Å²) in [7, 11) is 0. The van der Waals surface area contributed by atoms with Gasteiger partial charge in [0.1, 0.15) is 11.5 Å². The van der Waals surface area contributed by atoms with E-state index in [1.54, 1.807) is 0 Å². The predicted molar refractivity (Wildman–Crippen MR) is 67.6 cm³/mol. The SMILES string of the molecule is Oc1cc(O)cc([C@@H](CC(F)F)N2CCNCC2)c1. The van der Waals surface area contributed by atoms with E-state index in [4.69, 9.17) is 0 Å². The molecule has 1 heterocycles. The highest BCUT2D eigenvalue weighted by molar-refractivity contribution is 5.38. The molecular weight excluding hydrogens is 254 g/mol. The fraction of sp³-hybridized carbons (Fsp3) is 0.538. The standard InChI is InChI=1S/C13H18F2N2O2/c14-13(15)8-12(17-3-1-16-2-4-17)9-5-10(18)7-11(19)6-9/h5-7,12-13,16,18-19H,1-4,8H2/t12-/m1/s1. The Kier molecular flexibility index (Phi) is 4.55. The van der Waals surface area contributed by atoms with Crippen LogP contribution in [0.5, 0.6) is 11.5 Å². The number of halogens is 2. The first-order valence-corrected chi connectivity index (χ1v) is 6.32. The van der Waals surface area contributed by atoms with Crippen molar-refractivity contribution in [1.82, 2.24) is 10.2 Å². The Labute approximate surface area is 110 Å². The Morgan fingerprint density at radius 1 is 1.11 bits per heavy atom. The van der Waals surface area contributed by atoms with Crippen molar-refractivity contribution in [2.24, 2.45) is 0 Å². The molecule has 0 aliphatic carbocycles. The summed E-state index contributed by atoms with van der Waals surface area (Å²) in [5.74, 6) is -0.214. The van der Waals surface area contributed by atoms with Crippen molar-refractivity contribution in [2.75, 3.05) is 26.2 Å². The van der Waals surface area contributed by atoms with Gasteiger partial charge in [-0.3, -0.25) is 4.90 Å². The van der Waals surface area contributed by atoms with Crippen molar-refractivity contribution >= 4 is 0 Å². The normalized spacial score (nSPS) is 18.7. The van der Waals surface area contributed by atoms with Crippen LogP contribution in [0.25, 0.3) is 0 Å². The monoisotopic (exact) mass is 272 g/mol. The minimum absolute atomic E-state index is 0.107. The van der Waals surface area contributed by atoms with Gasteiger partial charge in [0.2, 0.25) is 6.43 Å². The van der Waals surface area contributed by atoms with Gasteiger partial charge in [-0.25, -0.2) is 8.78 Å². The van der Waals surface area contributed by atoms with Crippen LogP contribution in [0.4, 0.5) is 8.78 Å². The zero-order chi connectivity index (χ0) is 13.8. The lowest BCUT2D eigenvalue weighted by atomic mass is 10.0. The minimum Gasteiger partial charge on any atom is -0.508 e. The molecule has 1 atom stereocenters. The average molecular weight is 272 g/mol. The molecule has 0 unspecified atom stereocenters. The van der Waals surface area contributed by atoms with E-state index < -0.39 is 12.5 Å². The van der Waals surface area contributed by atoms with Gasteiger partial charge in [-0.1, -0.05) is 0 Å². The molecule has 1 aromatic carbocycles. The van der Waals surface area contributed by atoms with Crippen LogP contribution >= 0.6 is 0 Å². The zero-order valence-corrected chi connectivity index (χ0v) is 10.5. The largest absolute Gasteiger partial charge is 0.508 e. The molecule has 19 heavy (non-hydrogen) atoms. The molecule has 1 aliphatic heterocycles. The van der Waals surface area contributed by atoms with Crippen LogP contribution in [0.3, 0.4) is 0 Å². The fourth-order valence-electron chi connectivity index (χ4n) is 2.47. The molecule has 0 amide bonds. The number of phenols is 2. The van der Waals surface area contributed by atoms with Crippen LogP contribution in [0, 0.1) is 0 Å². The molecule has 3 N–H and O–H groups in total. The van der Waals surface area contributed by atoms with Gasteiger partial charge in [-0.2, -0.15) is 0 Å². The van der Waals surface area contributed by atoms with E-state index in [1.807, 2.05) is 4.90 Å². The number of hydrogen-bond donors (Lipinski definition) is 3. The number of hydrogen-bond acceptors (Lipinski definition) is 4. The molecule has 0 spiro atoms. The summed E-state index contributed by atoms with van der Waals surface area (Å²) in [4.78, 5) is 1.96. The van der Waals surface area contributed by atoms with Crippen molar-refractivity contribution < 1.29 is 19.0 Å². The first-order chi connectivity index (χ1) is 9.06. The second-order valence-corrected chi connectivity index (χ2v) is 4.71. The maximum Gasteiger partial charge on any atom is 0.240 e. The lowest BCUT2D eigenvalue weighted by Crippen LogP contribution is -2.45. The number of phenolic OH excluding ortho intramolecular Hbond substituents is 2. The molecule has 1 aliphatic rings. The van der Waals surface area contributed by atoms with Crippen molar-refractivity contribution in [3.63, 3.8) is 0 Å². The smallest absolute Gasteiger partial charge is 0.240 e. The van der Waals surface area contributed by atoms with Crippen molar-refractivity contribution in [2.45, 2.75) is 18.9 Å². The van der Waals surface area contributed by atoms with E-state index >= 15 is 0 Å². The third-order valence-electron chi connectivity index (χ3n) is 3.30.